The molecule has 0 unspecified atom stereocenters. The zero-order valence-corrected chi connectivity index (χ0v) is 9.34. The topological polar surface area (TPSA) is 62.0 Å². The van der Waals surface area contributed by atoms with Gasteiger partial charge >= 0.3 is 0 Å². The molecular formula is C12H14N2O2. The lowest BCUT2D eigenvalue weighted by atomic mass is 10.2. The van der Waals surface area contributed by atoms with Crippen LogP contribution in [0.2, 0.25) is 0 Å². The van der Waals surface area contributed by atoms with Crippen molar-refractivity contribution in [2.45, 2.75) is 20.4 Å². The van der Waals surface area contributed by atoms with Crippen molar-refractivity contribution in [2.75, 3.05) is 0 Å². The van der Waals surface area contributed by atoms with Crippen molar-refractivity contribution in [1.29, 1.82) is 0 Å². The van der Waals surface area contributed by atoms with E-state index >= 15 is 0 Å². The molecule has 0 bridgehead atoms. The summed E-state index contributed by atoms with van der Waals surface area (Å²) < 4.78 is 0. The number of carbonyl (C=O) groups excluding carboxylic acids is 1. The first-order valence-corrected chi connectivity index (χ1v) is 4.93. The average molecular weight is 218 g/mol. The minimum atomic E-state index is -0.295. The molecule has 0 saturated heterocycles. The first-order chi connectivity index (χ1) is 7.65. The van der Waals surface area contributed by atoms with Crippen molar-refractivity contribution >= 4 is 17.2 Å². The van der Waals surface area contributed by atoms with Crippen molar-refractivity contribution in [3.05, 3.63) is 35.9 Å². The van der Waals surface area contributed by atoms with Crippen LogP contribution in [0.15, 0.2) is 40.5 Å². The molecule has 0 fully saturated rings. The Balaban J connectivity index is 2.75. The Bertz CT molecular complexity index is 422. The molecule has 0 amide bonds. The molecule has 0 aliphatic heterocycles. The Hall–Kier alpha value is -1.97. The monoisotopic (exact) mass is 218 g/mol. The highest BCUT2D eigenvalue weighted by atomic mass is 16.4. The molecule has 0 spiro atoms. The maximum absolute atomic E-state index is 11.1. The maximum atomic E-state index is 11.1. The molecule has 0 radical (unpaired) electrons. The summed E-state index contributed by atoms with van der Waals surface area (Å²) in [5.41, 5.74) is 1.50. The van der Waals surface area contributed by atoms with Crippen LogP contribution < -0.4 is 0 Å². The molecule has 1 aromatic rings. The van der Waals surface area contributed by atoms with Crippen molar-refractivity contribution in [1.82, 2.24) is 0 Å². The summed E-state index contributed by atoms with van der Waals surface area (Å²) in [6, 6.07) is 9.66. The SMILES string of the molecule is CC(=O)C(=NO)C(C)=NCc1ccccc1. The van der Waals surface area contributed by atoms with E-state index in [0.29, 0.717) is 12.3 Å². The van der Waals surface area contributed by atoms with Gasteiger partial charge in [-0.1, -0.05) is 35.5 Å². The first kappa shape index (κ1) is 12.1. The highest BCUT2D eigenvalue weighted by Crippen LogP contribution is 2.01. The highest BCUT2D eigenvalue weighted by Gasteiger charge is 2.09. The third-order valence-electron chi connectivity index (χ3n) is 2.12. The van der Waals surface area contributed by atoms with E-state index in [1.807, 2.05) is 30.3 Å². The number of benzene rings is 1. The number of Topliss-reactive ketones (excluding diaryl/α,β-unsaturated/α-hetero) is 1. The van der Waals surface area contributed by atoms with Gasteiger partial charge in [0.05, 0.1) is 12.3 Å². The van der Waals surface area contributed by atoms with Crippen LogP contribution in [-0.4, -0.2) is 22.4 Å². The molecule has 4 heteroatoms. The molecule has 0 saturated carbocycles. The Labute approximate surface area is 94.3 Å². The lowest BCUT2D eigenvalue weighted by Crippen LogP contribution is -2.19. The number of ketones is 1. The molecule has 0 aliphatic rings. The summed E-state index contributed by atoms with van der Waals surface area (Å²) in [7, 11) is 0. The van der Waals surface area contributed by atoms with Gasteiger partial charge in [-0.25, -0.2) is 0 Å². The Morgan fingerprint density at radius 3 is 2.38 bits per heavy atom. The molecule has 16 heavy (non-hydrogen) atoms. The minimum Gasteiger partial charge on any atom is -0.410 e. The van der Waals surface area contributed by atoms with Crippen LogP contribution in [-0.2, 0) is 11.3 Å². The molecule has 0 aliphatic carbocycles. The van der Waals surface area contributed by atoms with Crippen LogP contribution in [0.4, 0.5) is 0 Å². The largest absolute Gasteiger partial charge is 0.410 e. The van der Waals surface area contributed by atoms with Crippen molar-refractivity contribution in [3.8, 4) is 0 Å². The van der Waals surface area contributed by atoms with E-state index in [1.165, 1.54) is 6.92 Å². The zero-order chi connectivity index (χ0) is 12.0. The number of nitrogens with zero attached hydrogens (tertiary/aromatic N) is 2. The van der Waals surface area contributed by atoms with E-state index in [9.17, 15) is 4.79 Å². The normalized spacial score (nSPS) is 12.6. The quantitative estimate of drug-likeness (QED) is 0.477. The fourth-order valence-electron chi connectivity index (χ4n) is 1.27. The van der Waals surface area contributed by atoms with Gasteiger partial charge in [-0.05, 0) is 12.5 Å². The molecule has 4 nitrogen and oxygen atoms in total. The number of aliphatic imine (C=N–C) groups is 1. The van der Waals surface area contributed by atoms with Crippen LogP contribution in [0.5, 0.6) is 0 Å². The molecule has 1 aromatic carbocycles. The molecular weight excluding hydrogens is 204 g/mol. The minimum absolute atomic E-state index is 0.0101. The van der Waals surface area contributed by atoms with E-state index in [-0.39, 0.29) is 11.5 Å². The first-order valence-electron chi connectivity index (χ1n) is 4.93. The van der Waals surface area contributed by atoms with E-state index in [2.05, 4.69) is 10.1 Å². The smallest absolute Gasteiger partial charge is 0.183 e. The Kier molecular flexibility index (Phi) is 4.39. The number of carbonyl (C=O) groups is 1. The van der Waals surface area contributed by atoms with Crippen LogP contribution >= 0.6 is 0 Å². The van der Waals surface area contributed by atoms with Gasteiger partial charge in [-0.3, -0.25) is 9.79 Å². The summed E-state index contributed by atoms with van der Waals surface area (Å²) >= 11 is 0. The second kappa shape index (κ2) is 5.80. The molecule has 0 atom stereocenters. The molecule has 0 heterocycles. The third-order valence-corrected chi connectivity index (χ3v) is 2.12. The predicted octanol–water partition coefficient (Wildman–Crippen LogP) is 2.07. The number of hydrogen-bond donors (Lipinski definition) is 1. The van der Waals surface area contributed by atoms with E-state index in [4.69, 9.17) is 5.21 Å². The van der Waals surface area contributed by atoms with Crippen LogP contribution in [0.1, 0.15) is 19.4 Å². The second-order valence-corrected chi connectivity index (χ2v) is 3.39. The Morgan fingerprint density at radius 1 is 1.25 bits per heavy atom. The summed E-state index contributed by atoms with van der Waals surface area (Å²) in [6.45, 7) is 3.47. The van der Waals surface area contributed by atoms with Crippen LogP contribution in [0, 0.1) is 0 Å². The van der Waals surface area contributed by atoms with Gasteiger partial charge in [-0.15, -0.1) is 0 Å². The van der Waals surface area contributed by atoms with E-state index in [0.717, 1.165) is 5.56 Å². The van der Waals surface area contributed by atoms with Gasteiger partial charge in [0.15, 0.2) is 11.5 Å². The van der Waals surface area contributed by atoms with Gasteiger partial charge in [0.1, 0.15) is 0 Å². The fourth-order valence-corrected chi connectivity index (χ4v) is 1.27. The van der Waals surface area contributed by atoms with E-state index in [1.54, 1.807) is 6.92 Å². The van der Waals surface area contributed by atoms with Gasteiger partial charge in [0.2, 0.25) is 0 Å². The summed E-state index contributed by atoms with van der Waals surface area (Å²) in [6.07, 6.45) is 0. The summed E-state index contributed by atoms with van der Waals surface area (Å²) in [5, 5.41) is 11.6. The highest BCUT2D eigenvalue weighted by molar-refractivity contribution is 6.66. The molecule has 84 valence electrons. The average Bonchev–Trinajstić information content (AvgIpc) is 2.28. The zero-order valence-electron chi connectivity index (χ0n) is 9.34. The summed E-state index contributed by atoms with van der Waals surface area (Å²) in [4.78, 5) is 15.2. The second-order valence-electron chi connectivity index (χ2n) is 3.39. The number of hydrogen-bond acceptors (Lipinski definition) is 4. The molecule has 1 rings (SSSR count). The molecule has 0 aromatic heterocycles. The van der Waals surface area contributed by atoms with Gasteiger partial charge in [0.25, 0.3) is 0 Å². The number of rotatable bonds is 4. The van der Waals surface area contributed by atoms with Gasteiger partial charge in [-0.2, -0.15) is 0 Å². The third kappa shape index (κ3) is 3.31. The maximum Gasteiger partial charge on any atom is 0.183 e. The van der Waals surface area contributed by atoms with Crippen LogP contribution in [0.25, 0.3) is 0 Å². The standard InChI is InChI=1S/C12H14N2O2/c1-9(12(14-16)10(2)15)13-8-11-6-4-3-5-7-11/h3-7,16H,8H2,1-2H3. The molecule has 1 N–H and O–H groups in total. The fraction of sp³-hybridized carbons (Fsp3) is 0.250. The van der Waals surface area contributed by atoms with Crippen molar-refractivity contribution in [3.63, 3.8) is 0 Å². The van der Waals surface area contributed by atoms with Crippen molar-refractivity contribution in [2.24, 2.45) is 10.1 Å². The lowest BCUT2D eigenvalue weighted by molar-refractivity contribution is -0.111. The summed E-state index contributed by atoms with van der Waals surface area (Å²) in [5.74, 6) is -0.295. The van der Waals surface area contributed by atoms with Crippen LogP contribution in [0.3, 0.4) is 0 Å². The lowest BCUT2D eigenvalue weighted by Gasteiger charge is -2.00. The van der Waals surface area contributed by atoms with E-state index < -0.39 is 0 Å². The van der Waals surface area contributed by atoms with Crippen molar-refractivity contribution < 1.29 is 10.0 Å². The number of oxime groups is 1. The van der Waals surface area contributed by atoms with Gasteiger partial charge in [0, 0.05) is 6.92 Å². The van der Waals surface area contributed by atoms with Gasteiger partial charge < -0.3 is 5.21 Å². The predicted molar refractivity (Wildman–Crippen MR) is 63.2 cm³/mol. The Morgan fingerprint density at radius 2 is 1.88 bits per heavy atom.